The molecule has 0 fully saturated rings. The maximum Gasteiger partial charge on any atom is 0.319 e. The van der Waals surface area contributed by atoms with Gasteiger partial charge in [0.15, 0.2) is 0 Å². The molecule has 0 unspecified atom stereocenters. The zero-order valence-electron chi connectivity index (χ0n) is 5.74. The predicted molar refractivity (Wildman–Crippen MR) is 36.2 cm³/mol. The SMILES string of the molecule is O=C(O)CCCn1c(=O)c1=O. The molecule has 1 N–H and O–H groups in total. The van der Waals surface area contributed by atoms with Crippen molar-refractivity contribution in [1.82, 2.24) is 4.57 Å². The summed E-state index contributed by atoms with van der Waals surface area (Å²) >= 11 is 0. The van der Waals surface area contributed by atoms with Gasteiger partial charge in [0.2, 0.25) is 0 Å². The fourth-order valence-electron chi connectivity index (χ4n) is 0.756. The third kappa shape index (κ3) is 1.76. The van der Waals surface area contributed by atoms with Crippen LogP contribution in [0.5, 0.6) is 0 Å². The molecule has 0 spiro atoms. The predicted octanol–water partition coefficient (Wildman–Crippen LogP) is -1.05. The van der Waals surface area contributed by atoms with Crippen LogP contribution in [0.4, 0.5) is 0 Å². The third-order valence-electron chi connectivity index (χ3n) is 1.40. The van der Waals surface area contributed by atoms with E-state index in [2.05, 4.69) is 0 Å². The number of carboxylic acid groups (broad SMARTS) is 1. The van der Waals surface area contributed by atoms with Crippen molar-refractivity contribution in [2.45, 2.75) is 19.4 Å². The standard InChI is InChI=1S/C6H7NO4/c8-4(9)2-1-3-7-5(10)6(7)11/h1-3H2,(H,8,9). The van der Waals surface area contributed by atoms with E-state index >= 15 is 0 Å². The van der Waals surface area contributed by atoms with Gasteiger partial charge in [-0.15, -0.1) is 0 Å². The quantitative estimate of drug-likeness (QED) is 0.565. The van der Waals surface area contributed by atoms with Crippen LogP contribution in [-0.4, -0.2) is 15.6 Å². The first kappa shape index (κ1) is 7.71. The summed E-state index contributed by atoms with van der Waals surface area (Å²) in [6.07, 6.45) is 0.337. The second-order valence-electron chi connectivity index (χ2n) is 2.26. The minimum Gasteiger partial charge on any atom is -0.481 e. The van der Waals surface area contributed by atoms with Crippen molar-refractivity contribution in [3.63, 3.8) is 0 Å². The summed E-state index contributed by atoms with van der Waals surface area (Å²) < 4.78 is 1.03. The van der Waals surface area contributed by atoms with E-state index in [1.807, 2.05) is 0 Å². The molecule has 0 aliphatic carbocycles. The molecule has 1 rings (SSSR count). The van der Waals surface area contributed by atoms with Gasteiger partial charge < -0.3 is 5.11 Å². The third-order valence-corrected chi connectivity index (χ3v) is 1.40. The largest absolute Gasteiger partial charge is 0.481 e. The molecule has 1 heterocycles. The lowest BCUT2D eigenvalue weighted by Crippen LogP contribution is -2.00. The topological polar surface area (TPSA) is 76.4 Å². The van der Waals surface area contributed by atoms with Crippen LogP contribution in [0, 0.1) is 0 Å². The number of hydrogen-bond donors (Lipinski definition) is 1. The molecule has 60 valence electrons. The highest BCUT2D eigenvalue weighted by Gasteiger charge is 2.14. The summed E-state index contributed by atoms with van der Waals surface area (Å²) in [4.78, 5) is 30.6. The Balaban J connectivity index is 2.26. The van der Waals surface area contributed by atoms with Crippen molar-refractivity contribution in [1.29, 1.82) is 0 Å². The first-order valence-electron chi connectivity index (χ1n) is 3.20. The second-order valence-corrected chi connectivity index (χ2v) is 2.26. The Bertz CT molecular complexity index is 306. The van der Waals surface area contributed by atoms with E-state index in [4.69, 9.17) is 5.11 Å². The van der Waals surface area contributed by atoms with E-state index in [-0.39, 0.29) is 13.0 Å². The van der Waals surface area contributed by atoms with Crippen molar-refractivity contribution in [3.05, 3.63) is 20.7 Å². The van der Waals surface area contributed by atoms with Crippen LogP contribution in [0.15, 0.2) is 9.59 Å². The minimum absolute atomic E-state index is 0.00292. The molecule has 5 nitrogen and oxygen atoms in total. The number of aliphatic carboxylic acids is 1. The molecule has 0 saturated carbocycles. The van der Waals surface area contributed by atoms with E-state index < -0.39 is 17.1 Å². The van der Waals surface area contributed by atoms with E-state index in [1.165, 1.54) is 0 Å². The van der Waals surface area contributed by atoms with Gasteiger partial charge in [-0.05, 0) is 6.42 Å². The van der Waals surface area contributed by atoms with Crippen LogP contribution in [0.2, 0.25) is 0 Å². The van der Waals surface area contributed by atoms with Crippen LogP contribution < -0.4 is 11.1 Å². The summed E-state index contributed by atoms with van der Waals surface area (Å²) in [6.45, 7) is 0.240. The molecule has 0 atom stereocenters. The molecule has 0 bridgehead atoms. The maximum absolute atomic E-state index is 10.3. The Kier molecular flexibility index (Phi) is 1.89. The van der Waals surface area contributed by atoms with Gasteiger partial charge in [0.1, 0.15) is 0 Å². The van der Waals surface area contributed by atoms with Crippen molar-refractivity contribution in [2.75, 3.05) is 0 Å². The van der Waals surface area contributed by atoms with Crippen LogP contribution in [-0.2, 0) is 11.3 Å². The second kappa shape index (κ2) is 2.69. The number of aromatic nitrogens is 1. The van der Waals surface area contributed by atoms with Crippen LogP contribution in [0.3, 0.4) is 0 Å². The van der Waals surface area contributed by atoms with E-state index in [0.29, 0.717) is 6.42 Å². The first-order chi connectivity index (χ1) is 5.13. The fraction of sp³-hybridized carbons (Fsp3) is 0.500. The Morgan fingerprint density at radius 2 is 1.91 bits per heavy atom. The number of rotatable bonds is 4. The Hall–Kier alpha value is -1.39. The average Bonchev–Trinajstić information content (AvgIpc) is 2.44. The van der Waals surface area contributed by atoms with Gasteiger partial charge in [0.05, 0.1) is 0 Å². The van der Waals surface area contributed by atoms with E-state index in [9.17, 15) is 14.4 Å². The van der Waals surface area contributed by atoms with Crippen molar-refractivity contribution >= 4 is 5.97 Å². The Morgan fingerprint density at radius 3 is 2.27 bits per heavy atom. The molecule has 0 radical (unpaired) electrons. The van der Waals surface area contributed by atoms with Gasteiger partial charge in [-0.3, -0.25) is 19.0 Å². The number of carboxylic acids is 1. The van der Waals surface area contributed by atoms with E-state index in [1.54, 1.807) is 0 Å². The molecule has 0 amide bonds. The minimum atomic E-state index is -0.910. The van der Waals surface area contributed by atoms with Crippen LogP contribution in [0.1, 0.15) is 12.8 Å². The first-order valence-corrected chi connectivity index (χ1v) is 3.20. The molecule has 0 saturated heterocycles. The van der Waals surface area contributed by atoms with Crippen LogP contribution in [0.25, 0.3) is 0 Å². The highest BCUT2D eigenvalue weighted by Crippen LogP contribution is 1.90. The number of nitrogens with zero attached hydrogens (tertiary/aromatic N) is 1. The summed E-state index contributed by atoms with van der Waals surface area (Å²) in [7, 11) is 0. The van der Waals surface area contributed by atoms with Crippen molar-refractivity contribution < 1.29 is 9.90 Å². The smallest absolute Gasteiger partial charge is 0.319 e. The summed E-state index contributed by atoms with van der Waals surface area (Å²) in [5, 5.41) is 8.19. The molecule has 1 aromatic rings. The monoisotopic (exact) mass is 157 g/mol. The van der Waals surface area contributed by atoms with Gasteiger partial charge in [-0.25, -0.2) is 0 Å². The van der Waals surface area contributed by atoms with Gasteiger partial charge >= 0.3 is 17.1 Å². The zero-order valence-corrected chi connectivity index (χ0v) is 5.74. The summed E-state index contributed by atoms with van der Waals surface area (Å²) in [6, 6.07) is 0. The molecular weight excluding hydrogens is 150 g/mol. The lowest BCUT2D eigenvalue weighted by atomic mass is 10.3. The van der Waals surface area contributed by atoms with Crippen LogP contribution >= 0.6 is 0 Å². The highest BCUT2D eigenvalue weighted by molar-refractivity contribution is 5.66. The van der Waals surface area contributed by atoms with E-state index in [0.717, 1.165) is 4.57 Å². The molecule has 1 aromatic heterocycles. The normalized spacial score (nSPS) is 10.5. The lowest BCUT2D eigenvalue weighted by molar-refractivity contribution is -0.137. The zero-order chi connectivity index (χ0) is 8.43. The number of carbonyl (C=O) groups is 1. The van der Waals surface area contributed by atoms with Gasteiger partial charge in [0.25, 0.3) is 0 Å². The Morgan fingerprint density at radius 1 is 1.36 bits per heavy atom. The fourth-order valence-corrected chi connectivity index (χ4v) is 0.756. The molecule has 0 aliphatic heterocycles. The van der Waals surface area contributed by atoms with Crippen molar-refractivity contribution in [3.8, 4) is 0 Å². The average molecular weight is 157 g/mol. The van der Waals surface area contributed by atoms with Gasteiger partial charge in [-0.1, -0.05) is 0 Å². The Labute approximate surface area is 61.6 Å². The molecule has 5 heteroatoms. The van der Waals surface area contributed by atoms with Crippen molar-refractivity contribution in [2.24, 2.45) is 0 Å². The molecule has 0 aliphatic rings. The summed E-state index contributed by atoms with van der Waals surface area (Å²) in [5.74, 6) is -0.910. The number of hydrogen-bond acceptors (Lipinski definition) is 3. The van der Waals surface area contributed by atoms with Gasteiger partial charge in [0, 0.05) is 13.0 Å². The van der Waals surface area contributed by atoms with Gasteiger partial charge in [-0.2, -0.15) is 0 Å². The highest BCUT2D eigenvalue weighted by atomic mass is 16.4. The summed E-state index contributed by atoms with van der Waals surface area (Å²) in [5.41, 5.74) is -1.01. The molecular formula is C6H7NO4. The maximum atomic E-state index is 10.3. The molecule has 0 aromatic carbocycles. The molecule has 11 heavy (non-hydrogen) atoms. The lowest BCUT2D eigenvalue weighted by Gasteiger charge is -1.89.